The van der Waals surface area contributed by atoms with Crippen molar-refractivity contribution in [3.63, 3.8) is 0 Å². The Morgan fingerprint density at radius 2 is 1.31 bits per heavy atom. The van der Waals surface area contributed by atoms with Crippen molar-refractivity contribution in [2.75, 3.05) is 27.6 Å². The van der Waals surface area contributed by atoms with Crippen LogP contribution >= 0.6 is 0 Å². The van der Waals surface area contributed by atoms with Crippen LogP contribution < -0.4 is 9.47 Å². The second kappa shape index (κ2) is 6.60. The minimum Gasteiger partial charge on any atom is -0.478 e. The minimum absolute atomic E-state index is 0.0316. The van der Waals surface area contributed by atoms with Crippen molar-refractivity contribution in [3.8, 4) is 11.5 Å². The number of ether oxygens (including phenoxy) is 2. The maximum atomic E-state index is 5.83. The first-order valence-electron chi connectivity index (χ1n) is 9.39. The highest BCUT2D eigenvalue weighted by molar-refractivity contribution is 5.48. The molecule has 0 N–H and O–H groups in total. The summed E-state index contributed by atoms with van der Waals surface area (Å²) in [6.45, 7) is 7.81. The summed E-state index contributed by atoms with van der Waals surface area (Å²) in [6, 6.07) is 13.4. The van der Waals surface area contributed by atoms with Crippen LogP contribution in [0.2, 0.25) is 0 Å². The third-order valence-electron chi connectivity index (χ3n) is 5.86. The summed E-state index contributed by atoms with van der Waals surface area (Å²) in [5.74, 6) is 2.04. The van der Waals surface area contributed by atoms with Gasteiger partial charge in [0.25, 0.3) is 0 Å². The molecule has 4 rings (SSSR count). The molecule has 0 saturated carbocycles. The van der Waals surface area contributed by atoms with Crippen LogP contribution in [0.15, 0.2) is 36.4 Å². The summed E-state index contributed by atoms with van der Waals surface area (Å²) < 4.78 is 11.7. The van der Waals surface area contributed by atoms with Gasteiger partial charge >= 0.3 is 0 Å². The molecule has 2 aromatic carbocycles. The number of nitrogens with zero attached hydrogens (tertiary/aromatic N) is 2. The largest absolute Gasteiger partial charge is 0.478 e. The molecular weight excluding hydrogens is 324 g/mol. The minimum atomic E-state index is -0.0316. The van der Waals surface area contributed by atoms with Gasteiger partial charge in [-0.1, -0.05) is 26.0 Å². The van der Waals surface area contributed by atoms with Crippen molar-refractivity contribution in [2.24, 2.45) is 0 Å². The Labute approximate surface area is 156 Å². The van der Waals surface area contributed by atoms with Gasteiger partial charge in [-0.2, -0.15) is 0 Å². The third-order valence-corrected chi connectivity index (χ3v) is 5.86. The zero-order chi connectivity index (χ0) is 18.3. The van der Waals surface area contributed by atoms with Crippen molar-refractivity contribution in [2.45, 2.75) is 38.8 Å². The number of rotatable bonds is 3. The van der Waals surface area contributed by atoms with Gasteiger partial charge < -0.3 is 9.47 Å². The van der Waals surface area contributed by atoms with Crippen LogP contribution in [0.1, 0.15) is 42.5 Å². The summed E-state index contributed by atoms with van der Waals surface area (Å²) in [5.41, 5.74) is 5.22. The lowest BCUT2D eigenvalue weighted by atomic mass is 9.73. The van der Waals surface area contributed by atoms with E-state index in [0.29, 0.717) is 13.5 Å². The van der Waals surface area contributed by atoms with E-state index in [4.69, 9.17) is 9.47 Å². The van der Waals surface area contributed by atoms with E-state index in [1.165, 1.54) is 22.3 Å². The Kier molecular flexibility index (Phi) is 4.41. The second-order valence-electron chi connectivity index (χ2n) is 7.91. The zero-order valence-corrected chi connectivity index (χ0v) is 16.2. The van der Waals surface area contributed by atoms with Crippen molar-refractivity contribution in [3.05, 3.63) is 58.7 Å². The van der Waals surface area contributed by atoms with Gasteiger partial charge in [-0.15, -0.1) is 0 Å². The Balaban J connectivity index is 1.74. The van der Waals surface area contributed by atoms with Crippen molar-refractivity contribution in [1.82, 2.24) is 9.80 Å². The highest BCUT2D eigenvalue weighted by atomic mass is 16.5. The van der Waals surface area contributed by atoms with E-state index < -0.39 is 0 Å². The molecule has 4 nitrogen and oxygen atoms in total. The number of hydrogen-bond donors (Lipinski definition) is 0. The van der Waals surface area contributed by atoms with E-state index in [1.807, 2.05) is 0 Å². The van der Waals surface area contributed by atoms with Crippen molar-refractivity contribution < 1.29 is 9.47 Å². The van der Waals surface area contributed by atoms with Crippen LogP contribution in [0.25, 0.3) is 0 Å². The fourth-order valence-electron chi connectivity index (χ4n) is 3.98. The summed E-state index contributed by atoms with van der Waals surface area (Å²) in [6.07, 6.45) is 1.04. The summed E-state index contributed by atoms with van der Waals surface area (Å²) in [4.78, 5) is 4.39. The van der Waals surface area contributed by atoms with E-state index in [0.717, 1.165) is 31.0 Å². The maximum Gasteiger partial charge on any atom is 0.142 e. The summed E-state index contributed by atoms with van der Waals surface area (Å²) in [5, 5.41) is 0. The molecule has 0 saturated heterocycles. The van der Waals surface area contributed by atoms with Gasteiger partial charge in [-0.05, 0) is 55.9 Å². The molecule has 0 amide bonds. The fourth-order valence-corrected chi connectivity index (χ4v) is 3.98. The average Bonchev–Trinajstić information content (AvgIpc) is 2.66. The van der Waals surface area contributed by atoms with E-state index in [9.17, 15) is 0 Å². The van der Waals surface area contributed by atoms with Crippen molar-refractivity contribution in [1.29, 1.82) is 0 Å². The van der Waals surface area contributed by atoms with E-state index in [2.05, 4.69) is 74.1 Å². The highest BCUT2D eigenvalue weighted by Crippen LogP contribution is 2.40. The number of benzene rings is 2. The molecule has 0 aliphatic carbocycles. The molecule has 2 aliphatic rings. The quantitative estimate of drug-likeness (QED) is 0.835. The molecule has 0 atom stereocenters. The lowest BCUT2D eigenvalue weighted by Crippen LogP contribution is -2.30. The number of hydrogen-bond acceptors (Lipinski definition) is 4. The van der Waals surface area contributed by atoms with Crippen molar-refractivity contribution >= 4 is 0 Å². The smallest absolute Gasteiger partial charge is 0.142 e. The Bertz CT molecular complexity index is 754. The Morgan fingerprint density at radius 3 is 1.73 bits per heavy atom. The van der Waals surface area contributed by atoms with Gasteiger partial charge in [0.15, 0.2) is 0 Å². The van der Waals surface area contributed by atoms with Crippen LogP contribution in [-0.2, 0) is 18.5 Å². The van der Waals surface area contributed by atoms with Gasteiger partial charge in [-0.25, -0.2) is 0 Å². The Hall–Kier alpha value is -2.04. The molecule has 2 aliphatic heterocycles. The molecule has 0 aromatic heterocycles. The van der Waals surface area contributed by atoms with E-state index in [1.54, 1.807) is 0 Å². The van der Waals surface area contributed by atoms with Crippen LogP contribution in [0.4, 0.5) is 0 Å². The molecule has 0 unspecified atom stereocenters. The molecule has 4 heteroatoms. The van der Waals surface area contributed by atoms with Gasteiger partial charge in [0.05, 0.1) is 0 Å². The Morgan fingerprint density at radius 1 is 0.846 bits per heavy atom. The molecule has 2 heterocycles. The average molecular weight is 352 g/mol. The van der Waals surface area contributed by atoms with Crippen LogP contribution in [0, 0.1) is 0 Å². The molecule has 0 fully saturated rings. The monoisotopic (exact) mass is 352 g/mol. The molecule has 138 valence electrons. The summed E-state index contributed by atoms with van der Waals surface area (Å²) in [7, 11) is 4.18. The zero-order valence-electron chi connectivity index (χ0n) is 16.2. The van der Waals surface area contributed by atoms with Gasteiger partial charge in [0.2, 0.25) is 0 Å². The van der Waals surface area contributed by atoms with Gasteiger partial charge in [-0.3, -0.25) is 9.80 Å². The first kappa shape index (κ1) is 17.4. The molecule has 26 heavy (non-hydrogen) atoms. The summed E-state index contributed by atoms with van der Waals surface area (Å²) >= 11 is 0. The molecule has 0 spiro atoms. The van der Waals surface area contributed by atoms with Crippen LogP contribution in [0.5, 0.6) is 11.5 Å². The first-order chi connectivity index (χ1) is 12.5. The maximum absolute atomic E-state index is 5.83. The molecule has 2 aromatic rings. The predicted molar refractivity (Wildman–Crippen MR) is 104 cm³/mol. The lowest BCUT2D eigenvalue weighted by Gasteiger charge is -2.34. The third kappa shape index (κ3) is 2.97. The molecule has 0 bridgehead atoms. The van der Waals surface area contributed by atoms with Gasteiger partial charge in [0.1, 0.15) is 25.0 Å². The lowest BCUT2D eigenvalue weighted by molar-refractivity contribution is 0.121. The second-order valence-corrected chi connectivity index (χ2v) is 7.91. The first-order valence-corrected chi connectivity index (χ1v) is 9.39. The number of fused-ring (bicyclic) bond motifs is 2. The molecular formula is C22H28N2O2. The topological polar surface area (TPSA) is 24.9 Å². The van der Waals surface area contributed by atoms with Crippen LogP contribution in [0.3, 0.4) is 0 Å². The highest BCUT2D eigenvalue weighted by Gasteiger charge is 2.30. The molecule has 0 radical (unpaired) electrons. The standard InChI is InChI=1S/C22H28N2O2/c1-5-22(2,18-6-8-20-16(10-18)12-23(3)14-25-20)19-7-9-21-17(11-19)13-24(4)15-26-21/h6-11H,5,12-15H2,1-4H3. The SMILES string of the molecule is CCC(C)(c1ccc2c(c1)CN(C)CO2)c1ccc2c(c1)CN(C)CO2. The fraction of sp³-hybridized carbons (Fsp3) is 0.455. The normalized spacial score (nSPS) is 17.8. The van der Waals surface area contributed by atoms with E-state index in [-0.39, 0.29) is 5.41 Å². The van der Waals surface area contributed by atoms with Gasteiger partial charge in [0, 0.05) is 29.6 Å². The van der Waals surface area contributed by atoms with Crippen LogP contribution in [-0.4, -0.2) is 37.4 Å². The predicted octanol–water partition coefficient (Wildman–Crippen LogP) is 3.97. The van der Waals surface area contributed by atoms with E-state index >= 15 is 0 Å².